The molecule has 1 aliphatic carbocycles. The molecular weight excluding hydrogens is 458 g/mol. The first-order chi connectivity index (χ1) is 17.5. The maximum Gasteiger partial charge on any atom is 0.308 e. The second-order valence-electron chi connectivity index (χ2n) is 8.54. The van der Waals surface area contributed by atoms with E-state index in [0.29, 0.717) is 16.8 Å². The van der Waals surface area contributed by atoms with Crippen molar-refractivity contribution in [3.05, 3.63) is 102 Å². The van der Waals surface area contributed by atoms with Crippen LogP contribution in [0.2, 0.25) is 0 Å². The monoisotopic (exact) mass is 485 g/mol. The molecule has 8 heteroatoms. The summed E-state index contributed by atoms with van der Waals surface area (Å²) < 4.78 is 5.17. The maximum absolute atomic E-state index is 12.7. The molecule has 184 valence electrons. The number of hydrogen-bond donors (Lipinski definition) is 3. The lowest BCUT2D eigenvalue weighted by Crippen LogP contribution is -2.31. The number of rotatable bonds is 10. The number of esters is 1. The number of carbonyl (C=O) groups is 4. The lowest BCUT2D eigenvalue weighted by atomic mass is 10.0. The quantitative estimate of drug-likeness (QED) is 0.380. The smallest absolute Gasteiger partial charge is 0.308 e. The van der Waals surface area contributed by atoms with Crippen LogP contribution < -0.4 is 16.0 Å². The van der Waals surface area contributed by atoms with Crippen molar-refractivity contribution >= 4 is 29.4 Å². The van der Waals surface area contributed by atoms with E-state index in [1.165, 1.54) is 0 Å². The summed E-state index contributed by atoms with van der Waals surface area (Å²) in [5, 5.41) is 8.39. The van der Waals surface area contributed by atoms with Crippen LogP contribution in [0.1, 0.15) is 51.6 Å². The third-order valence-corrected chi connectivity index (χ3v) is 5.60. The minimum Gasteiger partial charge on any atom is -0.455 e. The Morgan fingerprint density at radius 3 is 2.17 bits per heavy atom. The number of carbonyl (C=O) groups excluding carboxylic acids is 4. The lowest BCUT2D eigenvalue weighted by Gasteiger charge is -2.19. The van der Waals surface area contributed by atoms with Gasteiger partial charge in [0.15, 0.2) is 6.61 Å². The number of hydrogen-bond acceptors (Lipinski definition) is 5. The van der Waals surface area contributed by atoms with E-state index in [1.54, 1.807) is 48.5 Å². The minimum absolute atomic E-state index is 0.146. The molecule has 3 aromatic rings. The molecule has 36 heavy (non-hydrogen) atoms. The summed E-state index contributed by atoms with van der Waals surface area (Å²) in [4.78, 5) is 49.8. The molecule has 3 N–H and O–H groups in total. The summed E-state index contributed by atoms with van der Waals surface area (Å²) in [5.74, 6) is -1.68. The van der Waals surface area contributed by atoms with Crippen LogP contribution in [0.5, 0.6) is 0 Å². The first-order valence-electron chi connectivity index (χ1n) is 11.7. The molecule has 0 aliphatic heterocycles. The van der Waals surface area contributed by atoms with Crippen LogP contribution in [0.4, 0.5) is 5.69 Å². The number of amides is 3. The van der Waals surface area contributed by atoms with Crippen molar-refractivity contribution in [2.24, 2.45) is 0 Å². The van der Waals surface area contributed by atoms with Crippen molar-refractivity contribution in [3.63, 3.8) is 0 Å². The lowest BCUT2D eigenvalue weighted by molar-refractivity contribution is -0.147. The van der Waals surface area contributed by atoms with Gasteiger partial charge in [0.05, 0.1) is 12.5 Å². The van der Waals surface area contributed by atoms with Crippen LogP contribution in [0, 0.1) is 0 Å². The van der Waals surface area contributed by atoms with Crippen LogP contribution in [0.25, 0.3) is 0 Å². The highest BCUT2D eigenvalue weighted by molar-refractivity contribution is 5.98. The van der Waals surface area contributed by atoms with Gasteiger partial charge >= 0.3 is 5.97 Å². The van der Waals surface area contributed by atoms with E-state index in [-0.39, 0.29) is 24.3 Å². The fourth-order valence-electron chi connectivity index (χ4n) is 3.57. The van der Waals surface area contributed by atoms with Gasteiger partial charge in [-0.2, -0.15) is 0 Å². The third kappa shape index (κ3) is 7.27. The largest absolute Gasteiger partial charge is 0.455 e. The second-order valence-corrected chi connectivity index (χ2v) is 8.54. The van der Waals surface area contributed by atoms with Crippen LogP contribution in [0.3, 0.4) is 0 Å². The zero-order chi connectivity index (χ0) is 25.3. The minimum atomic E-state index is -0.634. The van der Waals surface area contributed by atoms with E-state index in [4.69, 9.17) is 4.74 Å². The van der Waals surface area contributed by atoms with Crippen molar-refractivity contribution in [1.82, 2.24) is 10.6 Å². The highest BCUT2D eigenvalue weighted by Crippen LogP contribution is 2.20. The van der Waals surface area contributed by atoms with Gasteiger partial charge in [-0.1, -0.05) is 54.6 Å². The average Bonchev–Trinajstić information content (AvgIpc) is 3.72. The van der Waals surface area contributed by atoms with Gasteiger partial charge in [-0.25, -0.2) is 0 Å². The third-order valence-electron chi connectivity index (χ3n) is 5.60. The van der Waals surface area contributed by atoms with Crippen molar-refractivity contribution < 1.29 is 23.9 Å². The van der Waals surface area contributed by atoms with Crippen molar-refractivity contribution in [1.29, 1.82) is 0 Å². The van der Waals surface area contributed by atoms with E-state index >= 15 is 0 Å². The molecule has 0 saturated heterocycles. The topological polar surface area (TPSA) is 114 Å². The fourth-order valence-corrected chi connectivity index (χ4v) is 3.57. The summed E-state index contributed by atoms with van der Waals surface area (Å²) in [7, 11) is 0. The van der Waals surface area contributed by atoms with E-state index < -0.39 is 24.5 Å². The molecule has 0 heterocycles. The zero-order valence-corrected chi connectivity index (χ0v) is 19.6. The predicted molar refractivity (Wildman–Crippen MR) is 134 cm³/mol. The molecule has 4 rings (SSSR count). The molecule has 0 spiro atoms. The molecule has 1 unspecified atom stereocenters. The fraction of sp³-hybridized carbons (Fsp3) is 0.214. The van der Waals surface area contributed by atoms with Crippen LogP contribution in [0.15, 0.2) is 84.9 Å². The van der Waals surface area contributed by atoms with Gasteiger partial charge < -0.3 is 20.7 Å². The Bertz CT molecular complexity index is 1230. The molecule has 1 atom stereocenters. The standard InChI is InChI=1S/C28H27N3O5/c32-25(29-23-13-7-12-21(16-23)28(35)30-22-14-15-22)18-36-26(33)17-24(19-8-3-1-4-9-19)31-27(34)20-10-5-2-6-11-20/h1-13,16,22,24H,14-15,17-18H2,(H,29,32)(H,30,35)(H,31,34). The van der Waals surface area contributed by atoms with E-state index in [0.717, 1.165) is 18.4 Å². The summed E-state index contributed by atoms with van der Waals surface area (Å²) in [5.41, 5.74) is 2.08. The Kier molecular flexibility index (Phi) is 8.08. The van der Waals surface area contributed by atoms with Crippen LogP contribution >= 0.6 is 0 Å². The van der Waals surface area contributed by atoms with Gasteiger partial charge in [0, 0.05) is 22.9 Å². The van der Waals surface area contributed by atoms with Crippen molar-refractivity contribution in [2.75, 3.05) is 11.9 Å². The van der Waals surface area contributed by atoms with E-state index in [2.05, 4.69) is 16.0 Å². The zero-order valence-electron chi connectivity index (χ0n) is 19.6. The van der Waals surface area contributed by atoms with Gasteiger partial charge in [0.25, 0.3) is 17.7 Å². The normalized spacial score (nSPS) is 13.2. The van der Waals surface area contributed by atoms with Crippen molar-refractivity contribution in [2.45, 2.75) is 31.3 Å². The molecular formula is C28H27N3O5. The van der Waals surface area contributed by atoms with E-state index in [1.807, 2.05) is 36.4 Å². The average molecular weight is 486 g/mol. The molecule has 0 aromatic heterocycles. The molecule has 1 aliphatic rings. The van der Waals surface area contributed by atoms with Gasteiger partial charge in [-0.15, -0.1) is 0 Å². The van der Waals surface area contributed by atoms with Crippen LogP contribution in [-0.2, 0) is 14.3 Å². The summed E-state index contributed by atoms with van der Waals surface area (Å²) in [6.45, 7) is -0.495. The maximum atomic E-state index is 12.7. The number of ether oxygens (including phenoxy) is 1. The first kappa shape index (κ1) is 24.7. The van der Waals surface area contributed by atoms with Gasteiger partial charge in [-0.05, 0) is 48.7 Å². The Morgan fingerprint density at radius 2 is 1.47 bits per heavy atom. The second kappa shape index (κ2) is 11.8. The molecule has 1 fully saturated rings. The SMILES string of the molecule is O=C(COC(=O)CC(NC(=O)c1ccccc1)c1ccccc1)Nc1cccc(C(=O)NC2CC2)c1. The highest BCUT2D eigenvalue weighted by atomic mass is 16.5. The summed E-state index contributed by atoms with van der Waals surface area (Å²) in [6, 6.07) is 23.9. The molecule has 1 saturated carbocycles. The molecule has 3 aromatic carbocycles. The van der Waals surface area contributed by atoms with E-state index in [9.17, 15) is 19.2 Å². The summed E-state index contributed by atoms with van der Waals surface area (Å²) in [6.07, 6.45) is 1.82. The van der Waals surface area contributed by atoms with Crippen molar-refractivity contribution in [3.8, 4) is 0 Å². The van der Waals surface area contributed by atoms with Crippen LogP contribution in [-0.4, -0.2) is 36.3 Å². The van der Waals surface area contributed by atoms with Gasteiger partial charge in [0.2, 0.25) is 0 Å². The summed E-state index contributed by atoms with van der Waals surface area (Å²) >= 11 is 0. The molecule has 0 radical (unpaired) electrons. The Balaban J connectivity index is 1.31. The number of benzene rings is 3. The molecule has 8 nitrogen and oxygen atoms in total. The van der Waals surface area contributed by atoms with Gasteiger partial charge in [0.1, 0.15) is 0 Å². The van der Waals surface area contributed by atoms with Gasteiger partial charge in [-0.3, -0.25) is 19.2 Å². The Labute approximate surface area is 209 Å². The number of anilines is 1. The molecule has 0 bridgehead atoms. The highest BCUT2D eigenvalue weighted by Gasteiger charge is 2.24. The number of nitrogens with one attached hydrogen (secondary N) is 3. The Morgan fingerprint density at radius 1 is 0.806 bits per heavy atom. The Hall–Kier alpha value is -4.46. The molecule has 3 amide bonds. The predicted octanol–water partition coefficient (Wildman–Crippen LogP) is 3.62. The first-order valence-corrected chi connectivity index (χ1v) is 11.7.